The number of nitrogens with zero attached hydrogens (tertiary/aromatic N) is 2. The predicted octanol–water partition coefficient (Wildman–Crippen LogP) is 3.02. The van der Waals surface area contributed by atoms with Gasteiger partial charge in [0.1, 0.15) is 0 Å². The molecule has 12 heavy (non-hydrogen) atoms. The number of hydrogen-bond donors (Lipinski definition) is 0. The number of hydrogen-bond acceptors (Lipinski definition) is 2. The number of hydrazone groups is 1. The van der Waals surface area contributed by atoms with Crippen molar-refractivity contribution in [2.45, 2.75) is 46.1 Å². The van der Waals surface area contributed by atoms with Gasteiger partial charge < -0.3 is 0 Å². The van der Waals surface area contributed by atoms with E-state index in [2.05, 4.69) is 25.7 Å². The van der Waals surface area contributed by atoms with Crippen LogP contribution in [0.1, 0.15) is 40.0 Å². The van der Waals surface area contributed by atoms with Gasteiger partial charge in [0.05, 0.1) is 6.04 Å². The molecule has 0 saturated carbocycles. The van der Waals surface area contributed by atoms with Crippen LogP contribution < -0.4 is 0 Å². The highest BCUT2D eigenvalue weighted by atomic mass is 15.4. The molecule has 0 aliphatic rings. The van der Waals surface area contributed by atoms with Crippen molar-refractivity contribution in [1.29, 1.82) is 0 Å². The molecule has 0 aromatic carbocycles. The van der Waals surface area contributed by atoms with E-state index in [9.17, 15) is 0 Å². The molecule has 0 aromatic heterocycles. The van der Waals surface area contributed by atoms with E-state index in [4.69, 9.17) is 0 Å². The summed E-state index contributed by atoms with van der Waals surface area (Å²) in [5, 5.41) is 5.91. The highest BCUT2D eigenvalue weighted by Crippen LogP contribution is 2.11. The molecule has 0 radical (unpaired) electrons. The van der Waals surface area contributed by atoms with E-state index in [0.717, 1.165) is 6.42 Å². The Bertz CT molecular complexity index is 141. The van der Waals surface area contributed by atoms with Crippen molar-refractivity contribution in [3.8, 4) is 0 Å². The van der Waals surface area contributed by atoms with E-state index < -0.39 is 0 Å². The molecule has 0 aliphatic carbocycles. The lowest BCUT2D eigenvalue weighted by Crippen LogP contribution is -2.24. The van der Waals surface area contributed by atoms with Crippen LogP contribution in [-0.4, -0.2) is 17.8 Å². The normalized spacial score (nSPS) is 13.2. The Kier molecular flexibility index (Phi) is 6.44. The molecular weight excluding hydrogens is 148 g/mol. The molecule has 0 saturated heterocycles. The molecule has 2 nitrogen and oxygen atoms in total. The van der Waals surface area contributed by atoms with Crippen molar-refractivity contribution >= 4 is 6.72 Å². The topological polar surface area (TPSA) is 15.6 Å². The Labute approximate surface area is 76.0 Å². The third-order valence-corrected chi connectivity index (χ3v) is 1.93. The predicted molar refractivity (Wildman–Crippen MR) is 55.2 cm³/mol. The van der Waals surface area contributed by atoms with Crippen LogP contribution in [-0.2, 0) is 0 Å². The van der Waals surface area contributed by atoms with Crippen molar-refractivity contribution in [2.75, 3.05) is 0 Å². The largest absolute Gasteiger partial charge is 0.271 e. The molecule has 0 N–H and O–H groups in total. The average Bonchev–Trinajstić information content (AvgIpc) is 2.11. The molecule has 0 spiro atoms. The van der Waals surface area contributed by atoms with Crippen LogP contribution in [0.5, 0.6) is 0 Å². The fraction of sp³-hybridized carbons (Fsp3) is 0.700. The maximum absolute atomic E-state index is 3.96. The van der Waals surface area contributed by atoms with Gasteiger partial charge in [-0.2, -0.15) is 5.10 Å². The van der Waals surface area contributed by atoms with Crippen LogP contribution in [0.4, 0.5) is 0 Å². The molecule has 70 valence electrons. The Balaban J connectivity index is 4.11. The fourth-order valence-corrected chi connectivity index (χ4v) is 1.29. The van der Waals surface area contributed by atoms with E-state index in [1.807, 2.05) is 24.2 Å². The summed E-state index contributed by atoms with van der Waals surface area (Å²) in [6, 6.07) is 0.517. The zero-order chi connectivity index (χ0) is 9.40. The minimum atomic E-state index is 0.517. The van der Waals surface area contributed by atoms with Gasteiger partial charge in [-0.15, -0.1) is 0 Å². The maximum atomic E-state index is 3.96. The standard InChI is InChI=1S/C10H20N2/c1-5-8-10(7-3)12(11-4)9-6-2/h6,9-10H,4-5,7-8H2,1-3H3/b9-6-. The van der Waals surface area contributed by atoms with Crippen LogP contribution >= 0.6 is 0 Å². The van der Waals surface area contributed by atoms with E-state index in [1.54, 1.807) is 0 Å². The zero-order valence-corrected chi connectivity index (χ0v) is 8.45. The SMILES string of the molecule is C=NN(/C=C\C)C(CC)CCC. The molecular formula is C10H20N2. The summed E-state index contributed by atoms with van der Waals surface area (Å²) in [6.07, 6.45) is 7.48. The molecule has 0 aromatic rings. The quantitative estimate of drug-likeness (QED) is 0.439. The lowest BCUT2D eigenvalue weighted by Gasteiger charge is -2.24. The second kappa shape index (κ2) is 6.89. The second-order valence-electron chi connectivity index (χ2n) is 2.85. The lowest BCUT2D eigenvalue weighted by molar-refractivity contribution is 0.266. The molecule has 0 heterocycles. The summed E-state index contributed by atoms with van der Waals surface area (Å²) >= 11 is 0. The molecule has 0 rings (SSSR count). The third-order valence-electron chi connectivity index (χ3n) is 1.93. The van der Waals surface area contributed by atoms with E-state index in [0.29, 0.717) is 6.04 Å². The Hall–Kier alpha value is -0.790. The summed E-state index contributed by atoms with van der Waals surface area (Å²) in [6.45, 7) is 9.93. The van der Waals surface area contributed by atoms with Gasteiger partial charge in [0.2, 0.25) is 0 Å². The Morgan fingerprint density at radius 1 is 1.50 bits per heavy atom. The van der Waals surface area contributed by atoms with Gasteiger partial charge in [-0.25, -0.2) is 0 Å². The monoisotopic (exact) mass is 168 g/mol. The van der Waals surface area contributed by atoms with Crippen LogP contribution in [0.2, 0.25) is 0 Å². The molecule has 1 unspecified atom stereocenters. The molecule has 0 amide bonds. The Morgan fingerprint density at radius 3 is 2.50 bits per heavy atom. The van der Waals surface area contributed by atoms with Gasteiger partial charge in [0.15, 0.2) is 0 Å². The van der Waals surface area contributed by atoms with Gasteiger partial charge in [-0.05, 0) is 19.8 Å². The molecule has 0 fully saturated rings. The van der Waals surface area contributed by atoms with E-state index in [-0.39, 0.29) is 0 Å². The highest BCUT2D eigenvalue weighted by molar-refractivity contribution is 5.23. The van der Waals surface area contributed by atoms with E-state index >= 15 is 0 Å². The minimum Gasteiger partial charge on any atom is -0.271 e. The number of rotatable bonds is 6. The minimum absolute atomic E-state index is 0.517. The first-order chi connectivity index (χ1) is 5.79. The fourth-order valence-electron chi connectivity index (χ4n) is 1.29. The Morgan fingerprint density at radius 2 is 2.17 bits per heavy atom. The summed E-state index contributed by atoms with van der Waals surface area (Å²) in [5.41, 5.74) is 0. The van der Waals surface area contributed by atoms with Crippen LogP contribution in [0.25, 0.3) is 0 Å². The average molecular weight is 168 g/mol. The van der Waals surface area contributed by atoms with Crippen LogP contribution in [0.3, 0.4) is 0 Å². The summed E-state index contributed by atoms with van der Waals surface area (Å²) < 4.78 is 0. The van der Waals surface area contributed by atoms with Gasteiger partial charge in [0, 0.05) is 12.9 Å². The first kappa shape index (κ1) is 11.2. The zero-order valence-electron chi connectivity index (χ0n) is 8.45. The first-order valence-electron chi connectivity index (χ1n) is 4.67. The van der Waals surface area contributed by atoms with Gasteiger partial charge in [0.25, 0.3) is 0 Å². The smallest absolute Gasteiger partial charge is 0.0516 e. The van der Waals surface area contributed by atoms with Crippen molar-refractivity contribution in [3.05, 3.63) is 12.3 Å². The third kappa shape index (κ3) is 3.56. The van der Waals surface area contributed by atoms with Crippen molar-refractivity contribution in [2.24, 2.45) is 5.10 Å². The summed E-state index contributed by atoms with van der Waals surface area (Å²) in [4.78, 5) is 0. The number of allylic oxidation sites excluding steroid dienone is 1. The maximum Gasteiger partial charge on any atom is 0.0516 e. The van der Waals surface area contributed by atoms with Crippen molar-refractivity contribution in [1.82, 2.24) is 5.01 Å². The second-order valence-corrected chi connectivity index (χ2v) is 2.85. The molecule has 1 atom stereocenters. The van der Waals surface area contributed by atoms with Gasteiger partial charge in [-0.1, -0.05) is 26.3 Å². The van der Waals surface area contributed by atoms with Crippen LogP contribution in [0, 0.1) is 0 Å². The van der Waals surface area contributed by atoms with Gasteiger partial charge in [-0.3, -0.25) is 5.01 Å². The van der Waals surface area contributed by atoms with Crippen LogP contribution in [0.15, 0.2) is 17.4 Å². The van der Waals surface area contributed by atoms with Crippen molar-refractivity contribution in [3.63, 3.8) is 0 Å². The van der Waals surface area contributed by atoms with Gasteiger partial charge >= 0.3 is 0 Å². The first-order valence-corrected chi connectivity index (χ1v) is 4.67. The summed E-state index contributed by atoms with van der Waals surface area (Å²) in [7, 11) is 0. The molecule has 0 bridgehead atoms. The molecule has 2 heteroatoms. The molecule has 0 aliphatic heterocycles. The summed E-state index contributed by atoms with van der Waals surface area (Å²) in [5.74, 6) is 0. The van der Waals surface area contributed by atoms with Crippen molar-refractivity contribution < 1.29 is 0 Å². The lowest BCUT2D eigenvalue weighted by atomic mass is 10.1. The highest BCUT2D eigenvalue weighted by Gasteiger charge is 2.09. The van der Waals surface area contributed by atoms with E-state index in [1.165, 1.54) is 12.8 Å².